The largest absolute Gasteiger partial charge is 0.478 e. The maximum atomic E-state index is 12.9. The normalized spacial score (nSPS) is 14.9. The molecule has 0 saturated carbocycles. The highest BCUT2D eigenvalue weighted by Gasteiger charge is 2.24. The molecule has 27 heavy (non-hydrogen) atoms. The summed E-state index contributed by atoms with van der Waals surface area (Å²) in [6.45, 7) is 1.42. The van der Waals surface area contributed by atoms with E-state index in [0.29, 0.717) is 37.4 Å². The number of likely N-dealkylation sites (tertiary alicyclic amines) is 1. The third-order valence-corrected chi connectivity index (χ3v) is 5.26. The minimum Gasteiger partial charge on any atom is -0.478 e. The molecule has 1 heterocycles. The summed E-state index contributed by atoms with van der Waals surface area (Å²) < 4.78 is 12.9. The van der Waals surface area contributed by atoms with E-state index in [1.165, 1.54) is 12.1 Å². The Hall–Kier alpha value is -2.69. The Morgan fingerprint density at radius 2 is 1.70 bits per heavy atom. The van der Waals surface area contributed by atoms with Crippen LogP contribution < -0.4 is 0 Å². The van der Waals surface area contributed by atoms with Gasteiger partial charge in [0, 0.05) is 19.5 Å². The quantitative estimate of drug-likeness (QED) is 0.839. The maximum Gasteiger partial charge on any atom is 0.335 e. The molecular weight excluding hydrogens is 345 g/mol. The van der Waals surface area contributed by atoms with Crippen LogP contribution in [0.25, 0.3) is 0 Å². The molecule has 1 aliphatic rings. The number of nitrogens with zero attached hydrogens (tertiary/aromatic N) is 1. The number of carboxylic acid groups (broad SMARTS) is 1. The average Bonchev–Trinajstić information content (AvgIpc) is 2.68. The molecule has 1 saturated heterocycles. The highest BCUT2D eigenvalue weighted by molar-refractivity contribution is 5.89. The summed E-state index contributed by atoms with van der Waals surface area (Å²) in [5.41, 5.74) is 2.20. The fourth-order valence-corrected chi connectivity index (χ4v) is 3.66. The number of aromatic carboxylic acids is 1. The van der Waals surface area contributed by atoms with Gasteiger partial charge in [0.1, 0.15) is 5.82 Å². The van der Waals surface area contributed by atoms with E-state index in [2.05, 4.69) is 0 Å². The van der Waals surface area contributed by atoms with Crippen LogP contribution in [0.1, 0.15) is 40.7 Å². The number of amides is 1. The number of aryl methyl sites for hydroxylation is 1. The zero-order chi connectivity index (χ0) is 19.2. The number of carboxylic acids is 1. The van der Waals surface area contributed by atoms with Crippen molar-refractivity contribution < 1.29 is 19.1 Å². The summed E-state index contributed by atoms with van der Waals surface area (Å²) in [5.74, 6) is -0.633. The van der Waals surface area contributed by atoms with Crippen LogP contribution in [-0.2, 0) is 17.6 Å². The van der Waals surface area contributed by atoms with Crippen molar-refractivity contribution in [1.29, 1.82) is 0 Å². The molecular formula is C22H24FNO3. The fourth-order valence-electron chi connectivity index (χ4n) is 3.66. The molecule has 0 spiro atoms. The first kappa shape index (κ1) is 19.1. The Balaban J connectivity index is 1.48. The lowest BCUT2D eigenvalue weighted by Gasteiger charge is -2.32. The highest BCUT2D eigenvalue weighted by atomic mass is 19.1. The van der Waals surface area contributed by atoms with Crippen LogP contribution in [0.15, 0.2) is 48.5 Å². The molecule has 2 aromatic rings. The molecule has 3 rings (SSSR count). The van der Waals surface area contributed by atoms with Gasteiger partial charge in [-0.05, 0) is 60.9 Å². The molecule has 0 atom stereocenters. The Kier molecular flexibility index (Phi) is 6.22. The lowest BCUT2D eigenvalue weighted by atomic mass is 9.88. The molecule has 1 amide bonds. The second kappa shape index (κ2) is 8.80. The number of hydrogen-bond donors (Lipinski definition) is 1. The molecule has 0 aliphatic carbocycles. The lowest BCUT2D eigenvalue weighted by Crippen LogP contribution is -2.39. The number of carbonyl (C=O) groups is 2. The summed E-state index contributed by atoms with van der Waals surface area (Å²) in [4.78, 5) is 25.7. The van der Waals surface area contributed by atoms with Gasteiger partial charge in [-0.25, -0.2) is 9.18 Å². The third-order valence-electron chi connectivity index (χ3n) is 5.26. The van der Waals surface area contributed by atoms with Crippen LogP contribution in [0.5, 0.6) is 0 Å². The molecule has 0 radical (unpaired) electrons. The number of piperidine rings is 1. The highest BCUT2D eigenvalue weighted by Crippen LogP contribution is 2.24. The van der Waals surface area contributed by atoms with E-state index in [-0.39, 0.29) is 11.7 Å². The predicted octanol–water partition coefficient (Wildman–Crippen LogP) is 3.94. The van der Waals surface area contributed by atoms with Gasteiger partial charge < -0.3 is 10.0 Å². The minimum absolute atomic E-state index is 0.128. The molecule has 5 heteroatoms. The molecule has 142 valence electrons. The van der Waals surface area contributed by atoms with Gasteiger partial charge in [0.2, 0.25) is 5.91 Å². The summed E-state index contributed by atoms with van der Waals surface area (Å²) in [5, 5.41) is 9.30. The van der Waals surface area contributed by atoms with Crippen LogP contribution in [0.4, 0.5) is 4.39 Å². The van der Waals surface area contributed by atoms with Crippen molar-refractivity contribution in [3.63, 3.8) is 0 Å². The van der Waals surface area contributed by atoms with Crippen LogP contribution in [0, 0.1) is 11.7 Å². The lowest BCUT2D eigenvalue weighted by molar-refractivity contribution is -0.132. The van der Waals surface area contributed by atoms with E-state index in [1.807, 2.05) is 17.0 Å². The summed E-state index contributed by atoms with van der Waals surface area (Å²) in [7, 11) is 0. The van der Waals surface area contributed by atoms with Gasteiger partial charge in [-0.15, -0.1) is 0 Å². The topological polar surface area (TPSA) is 57.6 Å². The molecule has 0 aromatic heterocycles. The number of halogens is 1. The van der Waals surface area contributed by atoms with Crippen molar-refractivity contribution in [2.24, 2.45) is 5.92 Å². The smallest absolute Gasteiger partial charge is 0.335 e. The summed E-state index contributed by atoms with van der Waals surface area (Å²) in [6.07, 6.45) is 3.55. The number of carbonyl (C=O) groups excluding carboxylic acids is 1. The molecule has 2 aromatic carbocycles. The Morgan fingerprint density at radius 1 is 1.04 bits per heavy atom. The van der Waals surface area contributed by atoms with Crippen LogP contribution in [-0.4, -0.2) is 35.0 Å². The first-order chi connectivity index (χ1) is 13.0. The predicted molar refractivity (Wildman–Crippen MR) is 101 cm³/mol. The fraction of sp³-hybridized carbons (Fsp3) is 0.364. The van der Waals surface area contributed by atoms with Gasteiger partial charge in [0.25, 0.3) is 0 Å². The van der Waals surface area contributed by atoms with Crippen molar-refractivity contribution in [3.8, 4) is 0 Å². The van der Waals surface area contributed by atoms with Gasteiger partial charge in [0.15, 0.2) is 0 Å². The number of rotatable bonds is 6. The van der Waals surface area contributed by atoms with E-state index >= 15 is 0 Å². The number of hydrogen-bond acceptors (Lipinski definition) is 2. The summed E-state index contributed by atoms with van der Waals surface area (Å²) >= 11 is 0. The molecule has 1 aliphatic heterocycles. The molecule has 1 N–H and O–H groups in total. The van der Waals surface area contributed by atoms with Crippen LogP contribution in [0.2, 0.25) is 0 Å². The van der Waals surface area contributed by atoms with Gasteiger partial charge in [-0.2, -0.15) is 0 Å². The SMILES string of the molecule is O=C(O)c1ccccc1CC1CCN(C(=O)CCc2ccc(F)cc2)CC1. The van der Waals surface area contributed by atoms with E-state index in [1.54, 1.807) is 24.3 Å². The van der Waals surface area contributed by atoms with Gasteiger partial charge in [-0.1, -0.05) is 30.3 Å². The minimum atomic E-state index is -0.890. The van der Waals surface area contributed by atoms with Crippen molar-refractivity contribution in [2.45, 2.75) is 32.1 Å². The first-order valence-electron chi connectivity index (χ1n) is 9.36. The van der Waals surface area contributed by atoms with Crippen molar-refractivity contribution in [1.82, 2.24) is 4.90 Å². The Bertz CT molecular complexity index is 795. The second-order valence-electron chi connectivity index (χ2n) is 7.12. The van der Waals surface area contributed by atoms with Crippen molar-refractivity contribution >= 4 is 11.9 Å². The van der Waals surface area contributed by atoms with Gasteiger partial charge in [0.05, 0.1) is 5.56 Å². The monoisotopic (exact) mass is 369 g/mol. The maximum absolute atomic E-state index is 12.9. The van der Waals surface area contributed by atoms with Crippen molar-refractivity contribution in [3.05, 3.63) is 71.0 Å². The van der Waals surface area contributed by atoms with Crippen LogP contribution >= 0.6 is 0 Å². The molecule has 1 fully saturated rings. The van der Waals surface area contributed by atoms with E-state index in [9.17, 15) is 19.1 Å². The second-order valence-corrected chi connectivity index (χ2v) is 7.12. The Morgan fingerprint density at radius 3 is 2.37 bits per heavy atom. The zero-order valence-electron chi connectivity index (χ0n) is 15.2. The zero-order valence-corrected chi connectivity index (χ0v) is 15.2. The standard InChI is InChI=1S/C22H24FNO3/c23-19-8-5-16(6-9-19)7-10-21(25)24-13-11-17(12-14-24)15-18-3-1-2-4-20(18)22(26)27/h1-6,8-9,17H,7,10-15H2,(H,26,27). The van der Waals surface area contributed by atoms with Crippen LogP contribution in [0.3, 0.4) is 0 Å². The van der Waals surface area contributed by atoms with Gasteiger partial charge in [-0.3, -0.25) is 4.79 Å². The van der Waals surface area contributed by atoms with E-state index in [4.69, 9.17) is 0 Å². The molecule has 4 nitrogen and oxygen atoms in total. The number of benzene rings is 2. The van der Waals surface area contributed by atoms with Gasteiger partial charge >= 0.3 is 5.97 Å². The van der Waals surface area contributed by atoms with E-state index < -0.39 is 5.97 Å². The average molecular weight is 369 g/mol. The van der Waals surface area contributed by atoms with Crippen molar-refractivity contribution in [2.75, 3.05) is 13.1 Å². The first-order valence-corrected chi connectivity index (χ1v) is 9.36. The summed E-state index contributed by atoms with van der Waals surface area (Å²) in [6, 6.07) is 13.4. The molecule has 0 unspecified atom stereocenters. The Labute approximate surface area is 158 Å². The molecule has 0 bridgehead atoms. The third kappa shape index (κ3) is 5.16. The van der Waals surface area contributed by atoms with E-state index in [0.717, 1.165) is 30.4 Å².